The van der Waals surface area contributed by atoms with Crippen LogP contribution in [0.25, 0.3) is 22.3 Å². The lowest BCUT2D eigenvalue weighted by molar-refractivity contribution is 0.101. The van der Waals surface area contributed by atoms with Crippen LogP contribution in [-0.2, 0) is 0 Å². The van der Waals surface area contributed by atoms with E-state index in [-0.39, 0.29) is 17.2 Å². The molecule has 1 amide bonds. The van der Waals surface area contributed by atoms with E-state index in [0.717, 1.165) is 5.56 Å². The fraction of sp³-hybridized carbons (Fsp3) is 0.0500. The van der Waals surface area contributed by atoms with Gasteiger partial charge in [0.1, 0.15) is 11.6 Å². The zero-order valence-corrected chi connectivity index (χ0v) is 14.3. The molecule has 0 unspecified atom stereocenters. The average Bonchev–Trinajstić information content (AvgIpc) is 2.96. The molecule has 7 heteroatoms. The molecule has 27 heavy (non-hydrogen) atoms. The number of nitrogens with one attached hydrogen (secondary N) is 1. The molecule has 2 aromatic carbocycles. The molecule has 0 fully saturated rings. The first-order valence-corrected chi connectivity index (χ1v) is 8.18. The maximum Gasteiger partial charge on any atom is 0.273 e. The highest BCUT2D eigenvalue weighted by Crippen LogP contribution is 2.21. The molecular weight excluding hydrogens is 350 g/mol. The second-order valence-corrected chi connectivity index (χ2v) is 6.09. The molecule has 0 saturated carbocycles. The minimum absolute atomic E-state index is 0.247. The minimum atomic E-state index is -0.415. The van der Waals surface area contributed by atoms with E-state index in [1.165, 1.54) is 41.3 Å². The molecule has 0 aliphatic carbocycles. The lowest BCUT2D eigenvalue weighted by Crippen LogP contribution is -2.22. The quantitative estimate of drug-likeness (QED) is 0.596. The lowest BCUT2D eigenvalue weighted by Gasteiger charge is -2.08. The maximum atomic E-state index is 13.4. The summed E-state index contributed by atoms with van der Waals surface area (Å²) in [7, 11) is 0. The van der Waals surface area contributed by atoms with Crippen molar-refractivity contribution in [1.82, 2.24) is 14.6 Å². The van der Waals surface area contributed by atoms with Crippen molar-refractivity contribution in [2.45, 2.75) is 6.92 Å². The predicted octanol–water partition coefficient (Wildman–Crippen LogP) is 4.07. The number of fused-ring (bicyclic) bond motifs is 1. The number of nitrogens with zero attached hydrogens (tertiary/aromatic N) is 3. The molecule has 134 valence electrons. The third-order valence-corrected chi connectivity index (χ3v) is 4.18. The van der Waals surface area contributed by atoms with Gasteiger partial charge in [0.25, 0.3) is 5.91 Å². The molecule has 1 N–H and O–H groups in total. The van der Waals surface area contributed by atoms with Crippen molar-refractivity contribution in [3.63, 3.8) is 0 Å². The van der Waals surface area contributed by atoms with Crippen LogP contribution < -0.4 is 5.43 Å². The summed E-state index contributed by atoms with van der Waals surface area (Å²) in [6.45, 7) is 1.83. The zero-order valence-electron chi connectivity index (χ0n) is 14.3. The van der Waals surface area contributed by atoms with E-state index in [9.17, 15) is 13.6 Å². The van der Waals surface area contributed by atoms with E-state index in [2.05, 4.69) is 15.4 Å². The van der Waals surface area contributed by atoms with Gasteiger partial charge in [0.05, 0.1) is 11.1 Å². The van der Waals surface area contributed by atoms with E-state index >= 15 is 0 Å². The first kappa shape index (κ1) is 16.8. The fourth-order valence-corrected chi connectivity index (χ4v) is 2.86. The Morgan fingerprint density at radius 3 is 2.52 bits per heavy atom. The highest BCUT2D eigenvalue weighted by molar-refractivity contribution is 6.00. The Labute approximate surface area is 153 Å². The number of aryl methyl sites for hydroxylation is 1. The Bertz CT molecular complexity index is 1150. The topological polar surface area (TPSA) is 59.8 Å². The third kappa shape index (κ3) is 3.27. The molecule has 0 saturated heterocycles. The van der Waals surface area contributed by atoms with Gasteiger partial charge in [0.15, 0.2) is 5.82 Å². The Morgan fingerprint density at radius 2 is 1.78 bits per heavy atom. The summed E-state index contributed by atoms with van der Waals surface area (Å²) in [6.07, 6.45) is 4.46. The van der Waals surface area contributed by atoms with Crippen molar-refractivity contribution >= 4 is 16.8 Å². The monoisotopic (exact) mass is 364 g/mol. The SMILES string of the molecule is Cc1cn(NC(=O)c2cnc(-c3cccc(F)c3)nc2)c2ccc(F)cc12. The van der Waals surface area contributed by atoms with Gasteiger partial charge < -0.3 is 0 Å². The highest BCUT2D eigenvalue weighted by Gasteiger charge is 2.12. The van der Waals surface area contributed by atoms with Gasteiger partial charge in [-0.25, -0.2) is 18.7 Å². The first-order valence-electron chi connectivity index (χ1n) is 8.18. The maximum absolute atomic E-state index is 13.4. The molecule has 0 atom stereocenters. The number of benzene rings is 2. The Morgan fingerprint density at radius 1 is 1.04 bits per heavy atom. The zero-order chi connectivity index (χ0) is 19.0. The first-order chi connectivity index (χ1) is 13.0. The van der Waals surface area contributed by atoms with E-state index in [1.54, 1.807) is 24.4 Å². The molecule has 2 aromatic heterocycles. The number of rotatable bonds is 3. The minimum Gasteiger partial charge on any atom is -0.267 e. The van der Waals surface area contributed by atoms with Gasteiger partial charge in [-0.05, 0) is 42.8 Å². The fourth-order valence-electron chi connectivity index (χ4n) is 2.86. The van der Waals surface area contributed by atoms with E-state index < -0.39 is 5.91 Å². The van der Waals surface area contributed by atoms with Crippen LogP contribution in [0.1, 0.15) is 15.9 Å². The van der Waals surface area contributed by atoms with Gasteiger partial charge >= 0.3 is 0 Å². The van der Waals surface area contributed by atoms with Crippen LogP contribution in [-0.4, -0.2) is 20.6 Å². The van der Waals surface area contributed by atoms with Gasteiger partial charge in [0, 0.05) is 29.5 Å². The largest absolute Gasteiger partial charge is 0.273 e. The molecule has 0 aliphatic rings. The summed E-state index contributed by atoms with van der Waals surface area (Å²) in [5, 5.41) is 0.716. The van der Waals surface area contributed by atoms with Gasteiger partial charge in [-0.3, -0.25) is 14.9 Å². The van der Waals surface area contributed by atoms with Crippen molar-refractivity contribution in [1.29, 1.82) is 0 Å². The molecule has 0 spiro atoms. The Balaban J connectivity index is 1.59. The average molecular weight is 364 g/mol. The van der Waals surface area contributed by atoms with Gasteiger partial charge in [-0.1, -0.05) is 12.1 Å². The number of hydrogen-bond acceptors (Lipinski definition) is 3. The Kier molecular flexibility index (Phi) is 4.12. The van der Waals surface area contributed by atoms with Crippen LogP contribution in [0.5, 0.6) is 0 Å². The van der Waals surface area contributed by atoms with Crippen LogP contribution in [0.2, 0.25) is 0 Å². The number of amides is 1. The van der Waals surface area contributed by atoms with Gasteiger partial charge in [-0.15, -0.1) is 0 Å². The summed E-state index contributed by atoms with van der Waals surface area (Å²) in [4.78, 5) is 20.8. The summed E-state index contributed by atoms with van der Waals surface area (Å²) in [5.74, 6) is -0.814. The van der Waals surface area contributed by atoms with Crippen molar-refractivity contribution in [3.05, 3.63) is 83.8 Å². The van der Waals surface area contributed by atoms with Crippen molar-refractivity contribution in [2.75, 3.05) is 5.43 Å². The molecule has 5 nitrogen and oxygen atoms in total. The Hall–Kier alpha value is -3.61. The summed E-state index contributed by atoms with van der Waals surface area (Å²) in [6, 6.07) is 10.3. The molecule has 4 rings (SSSR count). The normalized spacial score (nSPS) is 10.9. The molecule has 0 aliphatic heterocycles. The smallest absolute Gasteiger partial charge is 0.267 e. The molecule has 4 aromatic rings. The summed E-state index contributed by atoms with van der Waals surface area (Å²) in [5.41, 5.74) is 5.01. The van der Waals surface area contributed by atoms with Crippen LogP contribution in [0.15, 0.2) is 61.1 Å². The molecular formula is C20H14F2N4O. The molecule has 0 bridgehead atoms. The van der Waals surface area contributed by atoms with Crippen molar-refractivity contribution in [2.24, 2.45) is 0 Å². The van der Waals surface area contributed by atoms with Crippen molar-refractivity contribution in [3.8, 4) is 11.4 Å². The number of carbonyl (C=O) groups is 1. The number of carbonyl (C=O) groups excluding carboxylic acids is 1. The summed E-state index contributed by atoms with van der Waals surface area (Å²) < 4.78 is 28.3. The standard InChI is InChI=1S/C20H14F2N4O/c1-12-11-26(18-6-5-16(22)8-17(12)18)25-20(27)14-9-23-19(24-10-14)13-3-2-4-15(21)7-13/h2-11H,1H3,(H,25,27). The number of aromatic nitrogens is 3. The molecule has 0 radical (unpaired) electrons. The van der Waals surface area contributed by atoms with Crippen LogP contribution in [0.4, 0.5) is 8.78 Å². The van der Waals surface area contributed by atoms with Crippen molar-refractivity contribution < 1.29 is 13.6 Å². The second-order valence-electron chi connectivity index (χ2n) is 6.09. The second kappa shape index (κ2) is 6.60. The van der Waals surface area contributed by atoms with E-state index in [0.29, 0.717) is 22.3 Å². The third-order valence-electron chi connectivity index (χ3n) is 4.18. The van der Waals surface area contributed by atoms with Crippen LogP contribution in [0, 0.1) is 18.6 Å². The van der Waals surface area contributed by atoms with Crippen LogP contribution in [0.3, 0.4) is 0 Å². The lowest BCUT2D eigenvalue weighted by atomic mass is 10.2. The summed E-state index contributed by atoms with van der Waals surface area (Å²) >= 11 is 0. The highest BCUT2D eigenvalue weighted by atomic mass is 19.1. The number of halogens is 2. The number of hydrogen-bond donors (Lipinski definition) is 1. The van der Waals surface area contributed by atoms with E-state index in [1.807, 2.05) is 6.92 Å². The van der Waals surface area contributed by atoms with Crippen LogP contribution >= 0.6 is 0 Å². The molecule has 2 heterocycles. The van der Waals surface area contributed by atoms with E-state index in [4.69, 9.17) is 0 Å². The van der Waals surface area contributed by atoms with Gasteiger partial charge in [-0.2, -0.15) is 0 Å². The predicted molar refractivity (Wildman–Crippen MR) is 97.8 cm³/mol. The van der Waals surface area contributed by atoms with Gasteiger partial charge in [0.2, 0.25) is 0 Å².